The van der Waals surface area contributed by atoms with Crippen molar-refractivity contribution in [1.82, 2.24) is 14.5 Å². The number of hydrogen-bond acceptors (Lipinski definition) is 4. The molecule has 0 unspecified atom stereocenters. The first-order valence-electron chi connectivity index (χ1n) is 15.0. The van der Waals surface area contributed by atoms with Crippen molar-refractivity contribution in [2.24, 2.45) is 0 Å². The Bertz CT molecular complexity index is 1340. The van der Waals surface area contributed by atoms with E-state index in [4.69, 9.17) is 26.1 Å². The van der Waals surface area contributed by atoms with E-state index in [-0.39, 0.29) is 0 Å². The van der Waals surface area contributed by atoms with Gasteiger partial charge in [-0.25, -0.2) is 4.98 Å². The van der Waals surface area contributed by atoms with E-state index in [1.165, 1.54) is 5.56 Å². The van der Waals surface area contributed by atoms with Gasteiger partial charge < -0.3 is 14.0 Å². The van der Waals surface area contributed by atoms with Gasteiger partial charge in [0.15, 0.2) is 0 Å². The molecule has 0 radical (unpaired) electrons. The number of halogens is 1. The Kier molecular flexibility index (Phi) is 13.0. The van der Waals surface area contributed by atoms with E-state index < -0.39 is 0 Å². The van der Waals surface area contributed by atoms with E-state index in [2.05, 4.69) is 68.9 Å². The molecule has 0 N–H and O–H groups in total. The largest absolute Gasteiger partial charge is 0.498 e. The van der Waals surface area contributed by atoms with Gasteiger partial charge in [-0.3, -0.25) is 4.90 Å². The average molecular weight is 578 g/mol. The second-order valence-corrected chi connectivity index (χ2v) is 11.5. The van der Waals surface area contributed by atoms with Gasteiger partial charge in [-0.15, -0.1) is 0 Å². The normalized spacial score (nSPS) is 14.0. The lowest BCUT2D eigenvalue weighted by atomic mass is 10.2. The van der Waals surface area contributed by atoms with Crippen LogP contribution in [-0.4, -0.2) is 46.3 Å². The molecule has 41 heavy (non-hydrogen) atoms. The monoisotopic (exact) mass is 577 g/mol. The van der Waals surface area contributed by atoms with Crippen LogP contribution in [0.3, 0.4) is 0 Å². The lowest BCUT2D eigenvalue weighted by Gasteiger charge is -2.30. The fourth-order valence-corrected chi connectivity index (χ4v) is 5.12. The van der Waals surface area contributed by atoms with Gasteiger partial charge in [0.1, 0.15) is 12.4 Å². The predicted octanol–water partition coefficient (Wildman–Crippen LogP) is 7.05. The Hall–Kier alpha value is -3.02. The quantitative estimate of drug-likeness (QED) is 0.158. The summed E-state index contributed by atoms with van der Waals surface area (Å²) in [7, 11) is 0. The Morgan fingerprint density at radius 2 is 1.83 bits per heavy atom. The molecule has 0 aliphatic heterocycles. The molecule has 1 aliphatic carbocycles. The third kappa shape index (κ3) is 9.79. The summed E-state index contributed by atoms with van der Waals surface area (Å²) in [5, 5.41) is 2.85. The van der Waals surface area contributed by atoms with Crippen molar-refractivity contribution in [3.63, 3.8) is 0 Å². The summed E-state index contributed by atoms with van der Waals surface area (Å²) in [6.45, 7) is 20.3. The Morgan fingerprint density at radius 3 is 2.49 bits per heavy atom. The molecule has 3 rings (SSSR count). The second kappa shape index (κ2) is 16.4. The van der Waals surface area contributed by atoms with Crippen LogP contribution in [0.15, 0.2) is 66.7 Å². The van der Waals surface area contributed by atoms with Crippen LogP contribution in [0.2, 0.25) is 5.02 Å². The molecule has 0 atom stereocenters. The first-order valence-corrected chi connectivity index (χ1v) is 15.4. The maximum absolute atomic E-state index is 6.21. The molecule has 1 aliphatic rings. The molecule has 0 bridgehead atoms. The van der Waals surface area contributed by atoms with E-state index in [9.17, 15) is 0 Å². The highest BCUT2D eigenvalue weighted by atomic mass is 35.5. The summed E-state index contributed by atoms with van der Waals surface area (Å²) in [6.07, 6.45) is 16.1. The molecule has 6 heteroatoms. The highest BCUT2D eigenvalue weighted by molar-refractivity contribution is 6.30. The summed E-state index contributed by atoms with van der Waals surface area (Å²) in [5.74, 6) is 2.76. The molecule has 1 aromatic carbocycles. The first-order chi connectivity index (χ1) is 19.7. The van der Waals surface area contributed by atoms with Gasteiger partial charge in [-0.05, 0) is 83.0 Å². The van der Waals surface area contributed by atoms with Crippen LogP contribution in [0.1, 0.15) is 72.2 Å². The topological polar surface area (TPSA) is 39.5 Å². The molecule has 0 fully saturated rings. The molecule has 0 amide bonds. The molecule has 1 aromatic heterocycles. The molecule has 0 saturated carbocycles. The van der Waals surface area contributed by atoms with E-state index in [0.29, 0.717) is 25.3 Å². The number of benzene rings is 1. The molecular weight excluding hydrogens is 530 g/mol. The molecule has 0 spiro atoms. The molecule has 1 heterocycles. The van der Waals surface area contributed by atoms with Crippen LogP contribution in [0.4, 0.5) is 0 Å². The highest BCUT2D eigenvalue weighted by Crippen LogP contribution is 2.16. The Labute approximate surface area is 252 Å². The van der Waals surface area contributed by atoms with Crippen LogP contribution >= 0.6 is 11.6 Å². The van der Waals surface area contributed by atoms with E-state index in [1.54, 1.807) is 0 Å². The number of hydrogen-bond donors (Lipinski definition) is 0. The van der Waals surface area contributed by atoms with Crippen molar-refractivity contribution in [3.8, 4) is 0 Å². The summed E-state index contributed by atoms with van der Waals surface area (Å²) >= 11 is 5.99. The standard InChI is InChI=1S/C35H48ClN3O2/c1-8-10-22-39-34-20-18-32(41-25-23-38(26(3)4)27(5)6)17-19-33(34)37-35(39)30(9-2)14-11-28(7)40-24-21-29-12-15-31(36)16-13-29/h9,11-17,19-20,26-27H,2,8,10,18,21-25H2,1,3-7H3/b28-11+,30-14+. The summed E-state index contributed by atoms with van der Waals surface area (Å²) in [5.41, 5.74) is 2.17. The number of ether oxygens (including phenoxy) is 2. The minimum Gasteiger partial charge on any atom is -0.498 e. The van der Waals surface area contributed by atoms with Crippen molar-refractivity contribution < 1.29 is 9.47 Å². The van der Waals surface area contributed by atoms with Crippen molar-refractivity contribution in [2.45, 2.75) is 85.9 Å². The summed E-state index contributed by atoms with van der Waals surface area (Å²) in [4.78, 5) is 7.51. The SMILES string of the molecule is C=C/C(=C\C=C(/C)OCCc1ccc(Cl)cc1)c1nc2c(n1CCCC)=CCC(OCCN(C(C)C)C(C)C)=CC=2. The molecule has 2 aromatic rings. The van der Waals surface area contributed by atoms with E-state index >= 15 is 0 Å². The maximum Gasteiger partial charge on any atom is 0.141 e. The number of aromatic nitrogens is 2. The Balaban J connectivity index is 1.75. The highest BCUT2D eigenvalue weighted by Gasteiger charge is 2.15. The zero-order valence-electron chi connectivity index (χ0n) is 25.8. The third-order valence-corrected chi connectivity index (χ3v) is 7.52. The van der Waals surface area contributed by atoms with Crippen LogP contribution in [0.25, 0.3) is 17.7 Å². The fourth-order valence-electron chi connectivity index (χ4n) is 4.99. The van der Waals surface area contributed by atoms with Gasteiger partial charge in [0, 0.05) is 48.6 Å². The molecular formula is C35H48ClN3O2. The van der Waals surface area contributed by atoms with Crippen molar-refractivity contribution >= 4 is 29.3 Å². The molecule has 222 valence electrons. The van der Waals surface area contributed by atoms with Gasteiger partial charge >= 0.3 is 0 Å². The predicted molar refractivity (Wildman–Crippen MR) is 174 cm³/mol. The minimum absolute atomic E-state index is 0.497. The van der Waals surface area contributed by atoms with Gasteiger partial charge in [0.25, 0.3) is 0 Å². The van der Waals surface area contributed by atoms with Gasteiger partial charge in [-0.1, -0.05) is 55.8 Å². The molecule has 0 saturated heterocycles. The van der Waals surface area contributed by atoms with E-state index in [0.717, 1.165) is 77.4 Å². The molecule has 5 nitrogen and oxygen atoms in total. The zero-order chi connectivity index (χ0) is 29.8. The summed E-state index contributed by atoms with van der Waals surface area (Å²) < 4.78 is 14.5. The Morgan fingerprint density at radius 1 is 1.10 bits per heavy atom. The van der Waals surface area contributed by atoms with Crippen LogP contribution in [-0.2, 0) is 22.4 Å². The zero-order valence-corrected chi connectivity index (χ0v) is 26.6. The van der Waals surface area contributed by atoms with Crippen molar-refractivity contribution in [2.75, 3.05) is 19.8 Å². The number of fused-ring (bicyclic) bond motifs is 1. The second-order valence-electron chi connectivity index (χ2n) is 11.0. The van der Waals surface area contributed by atoms with E-state index in [1.807, 2.05) is 49.4 Å². The van der Waals surface area contributed by atoms with Gasteiger partial charge in [-0.2, -0.15) is 0 Å². The third-order valence-electron chi connectivity index (χ3n) is 7.27. The smallest absolute Gasteiger partial charge is 0.141 e. The van der Waals surface area contributed by atoms with Crippen LogP contribution < -0.4 is 10.7 Å². The lowest BCUT2D eigenvalue weighted by molar-refractivity contribution is 0.113. The van der Waals surface area contributed by atoms with Crippen molar-refractivity contribution in [1.29, 1.82) is 0 Å². The van der Waals surface area contributed by atoms with Crippen molar-refractivity contribution in [3.05, 3.63) is 93.8 Å². The average Bonchev–Trinajstić information content (AvgIpc) is 3.15. The summed E-state index contributed by atoms with van der Waals surface area (Å²) in [6, 6.07) is 8.88. The van der Waals surface area contributed by atoms with Crippen LogP contribution in [0, 0.1) is 0 Å². The lowest BCUT2D eigenvalue weighted by Crippen LogP contribution is -2.39. The number of nitrogens with zero attached hydrogens (tertiary/aromatic N) is 3. The fraction of sp³-hybridized carbons (Fsp3) is 0.457. The number of unbranched alkanes of at least 4 members (excludes halogenated alkanes) is 1. The maximum atomic E-state index is 6.21. The number of rotatable bonds is 16. The van der Waals surface area contributed by atoms with Crippen LogP contribution in [0.5, 0.6) is 0 Å². The van der Waals surface area contributed by atoms with Gasteiger partial charge in [0.05, 0.1) is 28.8 Å². The van der Waals surface area contributed by atoms with Gasteiger partial charge in [0.2, 0.25) is 0 Å². The number of imidazole rings is 1. The minimum atomic E-state index is 0.497. The first kappa shape index (κ1) is 32.5. The number of allylic oxidation sites excluding steroid dienone is 7.